The van der Waals surface area contributed by atoms with E-state index in [1.54, 1.807) is 0 Å². The molecule has 0 atom stereocenters. The first kappa shape index (κ1) is 19.4. The van der Waals surface area contributed by atoms with Crippen LogP contribution in [-0.4, -0.2) is 45.6 Å². The van der Waals surface area contributed by atoms with Gasteiger partial charge in [-0.05, 0) is 50.6 Å². The number of likely N-dealkylation sites (N-methyl/N-ethyl adjacent to an activating group) is 1. The van der Waals surface area contributed by atoms with Crippen LogP contribution < -0.4 is 0 Å². The van der Waals surface area contributed by atoms with Gasteiger partial charge in [0.1, 0.15) is 0 Å². The Morgan fingerprint density at radius 3 is 2.48 bits per heavy atom. The van der Waals surface area contributed by atoms with Crippen LogP contribution in [0, 0.1) is 13.8 Å². The molecule has 3 aromatic rings. The van der Waals surface area contributed by atoms with Gasteiger partial charge < -0.3 is 4.90 Å². The highest BCUT2D eigenvalue weighted by atomic mass is 16.2. The van der Waals surface area contributed by atoms with Crippen LogP contribution in [0.15, 0.2) is 54.6 Å². The zero-order chi connectivity index (χ0) is 20.4. The number of hydrogen-bond donors (Lipinski definition) is 0. The first-order valence-electron chi connectivity index (χ1n) is 10.2. The fourth-order valence-electron chi connectivity index (χ4n) is 4.09. The van der Waals surface area contributed by atoms with Gasteiger partial charge in [-0.15, -0.1) is 0 Å². The minimum absolute atomic E-state index is 0.188. The highest BCUT2D eigenvalue weighted by molar-refractivity contribution is 5.78. The van der Waals surface area contributed by atoms with Crippen LogP contribution in [0.2, 0.25) is 0 Å². The molecule has 150 valence electrons. The Kier molecular flexibility index (Phi) is 5.49. The van der Waals surface area contributed by atoms with E-state index in [-0.39, 0.29) is 5.91 Å². The van der Waals surface area contributed by atoms with E-state index >= 15 is 0 Å². The Bertz CT molecular complexity index is 1010. The van der Waals surface area contributed by atoms with Gasteiger partial charge in [-0.2, -0.15) is 5.10 Å². The molecule has 1 aromatic heterocycles. The fraction of sp³-hybridized carbons (Fsp3) is 0.333. The average molecular weight is 389 g/mol. The molecule has 0 saturated heterocycles. The molecular weight excluding hydrogens is 360 g/mol. The normalized spacial score (nSPS) is 13.6. The highest BCUT2D eigenvalue weighted by Gasteiger charge is 2.22. The molecule has 0 radical (unpaired) electrons. The number of benzene rings is 2. The quantitative estimate of drug-likeness (QED) is 0.672. The summed E-state index contributed by atoms with van der Waals surface area (Å²) < 4.78 is 1.99. The summed E-state index contributed by atoms with van der Waals surface area (Å²) in [6.45, 7) is 6.78. The fourth-order valence-corrected chi connectivity index (χ4v) is 4.09. The lowest BCUT2D eigenvalue weighted by Crippen LogP contribution is -2.41. The lowest BCUT2D eigenvalue weighted by atomic mass is 10.00. The second-order valence-electron chi connectivity index (χ2n) is 7.90. The second-order valence-corrected chi connectivity index (χ2v) is 7.90. The summed E-state index contributed by atoms with van der Waals surface area (Å²) >= 11 is 0. The predicted molar refractivity (Wildman–Crippen MR) is 115 cm³/mol. The van der Waals surface area contributed by atoms with Gasteiger partial charge in [0.2, 0.25) is 5.91 Å². The zero-order valence-corrected chi connectivity index (χ0v) is 17.4. The lowest BCUT2D eigenvalue weighted by molar-refractivity contribution is -0.133. The largest absolute Gasteiger partial charge is 0.337 e. The van der Waals surface area contributed by atoms with Crippen molar-refractivity contribution >= 4 is 5.91 Å². The number of para-hydroxylation sites is 1. The van der Waals surface area contributed by atoms with Gasteiger partial charge in [0.05, 0.1) is 17.9 Å². The number of fused-ring (bicyclic) bond motifs is 1. The van der Waals surface area contributed by atoms with Crippen molar-refractivity contribution in [2.24, 2.45) is 0 Å². The zero-order valence-electron chi connectivity index (χ0n) is 17.4. The van der Waals surface area contributed by atoms with Crippen molar-refractivity contribution in [3.8, 4) is 5.69 Å². The number of hydrogen-bond acceptors (Lipinski definition) is 3. The van der Waals surface area contributed by atoms with E-state index in [0.29, 0.717) is 19.6 Å². The molecule has 4 rings (SSSR count). The van der Waals surface area contributed by atoms with Crippen molar-refractivity contribution in [1.82, 2.24) is 19.6 Å². The maximum Gasteiger partial charge on any atom is 0.237 e. The van der Waals surface area contributed by atoms with Gasteiger partial charge in [-0.25, -0.2) is 4.68 Å². The third-order valence-corrected chi connectivity index (χ3v) is 5.76. The molecule has 0 aliphatic carbocycles. The standard InChI is InChI=1S/C24H28N4O/c1-18-23(19(2)28(25-18)22-11-5-4-6-12-22)16-26(3)17-24(29)27-14-13-20-9-7-8-10-21(20)15-27/h4-12H,13-17H2,1-3H3. The number of aromatic nitrogens is 2. The van der Waals surface area contributed by atoms with E-state index < -0.39 is 0 Å². The van der Waals surface area contributed by atoms with E-state index in [1.807, 2.05) is 41.8 Å². The monoisotopic (exact) mass is 388 g/mol. The predicted octanol–water partition coefficient (Wildman–Crippen LogP) is 3.51. The van der Waals surface area contributed by atoms with Crippen LogP contribution in [0.25, 0.3) is 5.69 Å². The molecule has 0 unspecified atom stereocenters. The van der Waals surface area contributed by atoms with Crippen molar-refractivity contribution in [1.29, 1.82) is 0 Å². The first-order valence-corrected chi connectivity index (χ1v) is 10.2. The molecule has 1 amide bonds. The van der Waals surface area contributed by atoms with Crippen LogP contribution >= 0.6 is 0 Å². The minimum Gasteiger partial charge on any atom is -0.337 e. The lowest BCUT2D eigenvalue weighted by Gasteiger charge is -2.30. The van der Waals surface area contributed by atoms with Crippen LogP contribution in [0.4, 0.5) is 0 Å². The summed E-state index contributed by atoms with van der Waals surface area (Å²) in [6.07, 6.45) is 0.938. The maximum absolute atomic E-state index is 12.9. The second kappa shape index (κ2) is 8.21. The Morgan fingerprint density at radius 2 is 1.72 bits per heavy atom. The summed E-state index contributed by atoms with van der Waals surface area (Å²) in [7, 11) is 2.01. The topological polar surface area (TPSA) is 41.4 Å². The van der Waals surface area contributed by atoms with Crippen molar-refractivity contribution in [3.05, 3.63) is 82.7 Å². The molecule has 0 saturated carbocycles. The Labute approximate surface area is 172 Å². The maximum atomic E-state index is 12.9. The molecule has 2 aromatic carbocycles. The SMILES string of the molecule is Cc1nn(-c2ccccc2)c(C)c1CN(C)CC(=O)N1CCc2ccccc2C1. The van der Waals surface area contributed by atoms with Crippen molar-refractivity contribution in [3.63, 3.8) is 0 Å². The smallest absolute Gasteiger partial charge is 0.237 e. The number of carbonyl (C=O) groups is 1. The molecule has 0 N–H and O–H groups in total. The number of nitrogens with zero attached hydrogens (tertiary/aromatic N) is 4. The van der Waals surface area contributed by atoms with E-state index in [1.165, 1.54) is 16.7 Å². The summed E-state index contributed by atoms with van der Waals surface area (Å²) in [4.78, 5) is 16.9. The van der Waals surface area contributed by atoms with Crippen LogP contribution in [-0.2, 0) is 24.3 Å². The number of aryl methyl sites for hydroxylation is 1. The van der Waals surface area contributed by atoms with Gasteiger partial charge in [0, 0.05) is 30.9 Å². The molecule has 5 nitrogen and oxygen atoms in total. The van der Waals surface area contributed by atoms with E-state index in [0.717, 1.165) is 30.0 Å². The first-order chi connectivity index (χ1) is 14.0. The third-order valence-electron chi connectivity index (χ3n) is 5.76. The molecule has 0 spiro atoms. The molecular formula is C24H28N4O. The van der Waals surface area contributed by atoms with Gasteiger partial charge >= 0.3 is 0 Å². The van der Waals surface area contributed by atoms with Gasteiger partial charge in [0.25, 0.3) is 0 Å². The molecule has 5 heteroatoms. The average Bonchev–Trinajstić information content (AvgIpc) is 3.02. The van der Waals surface area contributed by atoms with E-state index in [9.17, 15) is 4.79 Å². The Morgan fingerprint density at radius 1 is 1.03 bits per heavy atom. The Balaban J connectivity index is 1.42. The summed E-state index contributed by atoms with van der Waals surface area (Å²) in [5.74, 6) is 0.188. The highest BCUT2D eigenvalue weighted by Crippen LogP contribution is 2.21. The minimum atomic E-state index is 0.188. The summed E-state index contributed by atoms with van der Waals surface area (Å²) in [5, 5.41) is 4.72. The number of carbonyl (C=O) groups excluding carboxylic acids is 1. The van der Waals surface area contributed by atoms with Crippen molar-refractivity contribution in [2.75, 3.05) is 20.1 Å². The summed E-state index contributed by atoms with van der Waals surface area (Å²) in [5.41, 5.74) is 7.02. The number of amides is 1. The molecule has 2 heterocycles. The van der Waals surface area contributed by atoms with Gasteiger partial charge in [-0.1, -0.05) is 42.5 Å². The van der Waals surface area contributed by atoms with Gasteiger partial charge in [0.15, 0.2) is 0 Å². The van der Waals surface area contributed by atoms with E-state index in [4.69, 9.17) is 5.10 Å². The Hall–Kier alpha value is -2.92. The van der Waals surface area contributed by atoms with Crippen LogP contribution in [0.1, 0.15) is 28.1 Å². The van der Waals surface area contributed by atoms with Crippen LogP contribution in [0.5, 0.6) is 0 Å². The molecule has 1 aliphatic heterocycles. The molecule has 1 aliphatic rings. The number of rotatable bonds is 5. The molecule has 0 bridgehead atoms. The van der Waals surface area contributed by atoms with Crippen molar-refractivity contribution < 1.29 is 4.79 Å². The molecule has 29 heavy (non-hydrogen) atoms. The van der Waals surface area contributed by atoms with E-state index in [2.05, 4.69) is 48.2 Å². The van der Waals surface area contributed by atoms with Crippen LogP contribution in [0.3, 0.4) is 0 Å². The summed E-state index contributed by atoms with van der Waals surface area (Å²) in [6, 6.07) is 18.6. The van der Waals surface area contributed by atoms with Crippen molar-refractivity contribution in [2.45, 2.75) is 33.4 Å². The van der Waals surface area contributed by atoms with Gasteiger partial charge in [-0.3, -0.25) is 9.69 Å². The third kappa shape index (κ3) is 4.10. The molecule has 0 fully saturated rings.